The number of aryl methyl sites for hydroxylation is 2. The molecular formula is C19H24OS. The van der Waals surface area contributed by atoms with Gasteiger partial charge in [0.1, 0.15) is 0 Å². The molecule has 0 saturated heterocycles. The first-order valence-corrected chi connectivity index (χ1v) is 8.99. The molecule has 2 unspecified atom stereocenters. The molecule has 1 aromatic heterocycles. The van der Waals surface area contributed by atoms with Crippen LogP contribution in [0.4, 0.5) is 0 Å². The molecule has 1 aromatic carbocycles. The number of aliphatic hydroxyl groups is 1. The van der Waals surface area contributed by atoms with E-state index in [0.717, 1.165) is 25.7 Å². The lowest BCUT2D eigenvalue weighted by molar-refractivity contribution is 0.140. The van der Waals surface area contributed by atoms with E-state index in [-0.39, 0.29) is 6.10 Å². The van der Waals surface area contributed by atoms with Crippen LogP contribution in [0.2, 0.25) is 0 Å². The van der Waals surface area contributed by atoms with Crippen molar-refractivity contribution in [3.05, 3.63) is 57.8 Å². The van der Waals surface area contributed by atoms with E-state index in [2.05, 4.69) is 41.8 Å². The third-order valence-electron chi connectivity index (χ3n) is 4.59. The van der Waals surface area contributed by atoms with Crippen molar-refractivity contribution in [3.8, 4) is 0 Å². The van der Waals surface area contributed by atoms with E-state index in [1.54, 1.807) is 0 Å². The Morgan fingerprint density at radius 3 is 2.95 bits per heavy atom. The van der Waals surface area contributed by atoms with Crippen LogP contribution in [0.15, 0.2) is 41.8 Å². The van der Waals surface area contributed by atoms with Crippen molar-refractivity contribution >= 4 is 11.3 Å². The molecule has 112 valence electrons. The van der Waals surface area contributed by atoms with Gasteiger partial charge < -0.3 is 5.11 Å². The number of hydrogen-bond donors (Lipinski definition) is 1. The summed E-state index contributed by atoms with van der Waals surface area (Å²) in [6.45, 7) is 0. The number of hydrogen-bond acceptors (Lipinski definition) is 2. The van der Waals surface area contributed by atoms with Crippen molar-refractivity contribution in [2.24, 2.45) is 0 Å². The first kappa shape index (κ1) is 14.8. The Labute approximate surface area is 131 Å². The molecule has 0 amide bonds. The Morgan fingerprint density at radius 1 is 1.19 bits per heavy atom. The largest absolute Gasteiger partial charge is 0.393 e. The maximum Gasteiger partial charge on any atom is 0.0546 e. The fraction of sp³-hybridized carbons (Fsp3) is 0.474. The molecule has 0 spiro atoms. The van der Waals surface area contributed by atoms with E-state index in [0.29, 0.717) is 5.92 Å². The molecule has 0 bridgehead atoms. The van der Waals surface area contributed by atoms with Crippen LogP contribution >= 0.6 is 11.3 Å². The molecule has 1 N–H and O–H groups in total. The molecule has 1 aliphatic carbocycles. The van der Waals surface area contributed by atoms with Crippen LogP contribution in [0.3, 0.4) is 0 Å². The van der Waals surface area contributed by atoms with E-state index in [1.165, 1.54) is 35.3 Å². The number of benzene rings is 1. The third kappa shape index (κ3) is 3.96. The standard InChI is InChI=1S/C19H24OS/c20-17(9-4-10-18-11-5-13-21-18)14-16-8-3-7-15-6-1-2-12-19(15)16/h1-2,5-6,11-13,16-17,20H,3-4,7-10,14H2. The van der Waals surface area contributed by atoms with Gasteiger partial charge in [0.2, 0.25) is 0 Å². The molecule has 2 atom stereocenters. The second kappa shape index (κ2) is 7.24. The molecule has 3 rings (SSSR count). The van der Waals surface area contributed by atoms with Crippen molar-refractivity contribution < 1.29 is 5.11 Å². The van der Waals surface area contributed by atoms with Gasteiger partial charge in [0.05, 0.1) is 6.10 Å². The van der Waals surface area contributed by atoms with Gasteiger partial charge in [-0.2, -0.15) is 0 Å². The van der Waals surface area contributed by atoms with Crippen molar-refractivity contribution in [1.29, 1.82) is 0 Å². The van der Waals surface area contributed by atoms with E-state index in [9.17, 15) is 5.11 Å². The van der Waals surface area contributed by atoms with Crippen LogP contribution in [-0.2, 0) is 12.8 Å². The summed E-state index contributed by atoms with van der Waals surface area (Å²) in [5.41, 5.74) is 2.99. The first-order chi connectivity index (χ1) is 10.3. The summed E-state index contributed by atoms with van der Waals surface area (Å²) in [4.78, 5) is 1.44. The van der Waals surface area contributed by atoms with Crippen LogP contribution in [0.5, 0.6) is 0 Å². The average Bonchev–Trinajstić information content (AvgIpc) is 3.01. The first-order valence-electron chi connectivity index (χ1n) is 8.11. The lowest BCUT2D eigenvalue weighted by Gasteiger charge is -2.27. The fourth-order valence-corrected chi connectivity index (χ4v) is 4.26. The summed E-state index contributed by atoms with van der Waals surface area (Å²) in [6.07, 6.45) is 7.62. The van der Waals surface area contributed by atoms with Crippen LogP contribution < -0.4 is 0 Å². The van der Waals surface area contributed by atoms with Crippen molar-refractivity contribution in [1.82, 2.24) is 0 Å². The molecule has 0 saturated carbocycles. The highest BCUT2D eigenvalue weighted by Crippen LogP contribution is 2.35. The Kier molecular flexibility index (Phi) is 5.10. The molecule has 21 heavy (non-hydrogen) atoms. The minimum atomic E-state index is -0.152. The highest BCUT2D eigenvalue weighted by Gasteiger charge is 2.22. The molecule has 1 nitrogen and oxygen atoms in total. The molecule has 1 aliphatic rings. The van der Waals surface area contributed by atoms with Gasteiger partial charge in [-0.3, -0.25) is 0 Å². The SMILES string of the molecule is OC(CCCc1cccs1)CC1CCCc2ccccc21. The second-order valence-corrected chi connectivity index (χ2v) is 7.18. The van der Waals surface area contributed by atoms with Crippen molar-refractivity contribution in [2.75, 3.05) is 0 Å². The zero-order chi connectivity index (χ0) is 14.5. The summed E-state index contributed by atoms with van der Waals surface area (Å²) >= 11 is 1.82. The molecule has 0 radical (unpaired) electrons. The molecule has 2 aromatic rings. The molecule has 1 heterocycles. The van der Waals surface area contributed by atoms with Crippen molar-refractivity contribution in [2.45, 2.75) is 57.0 Å². The highest BCUT2D eigenvalue weighted by molar-refractivity contribution is 7.09. The monoisotopic (exact) mass is 300 g/mol. The Hall–Kier alpha value is -1.12. The van der Waals surface area contributed by atoms with Gasteiger partial charge in [-0.05, 0) is 73.4 Å². The van der Waals surface area contributed by atoms with Crippen LogP contribution in [0.1, 0.15) is 54.0 Å². The molecular weight excluding hydrogens is 276 g/mol. The number of aliphatic hydroxyl groups excluding tert-OH is 1. The van der Waals surface area contributed by atoms with Crippen LogP contribution in [-0.4, -0.2) is 11.2 Å². The molecule has 2 heteroatoms. The normalized spacial score (nSPS) is 19.2. The van der Waals surface area contributed by atoms with E-state index in [4.69, 9.17) is 0 Å². The van der Waals surface area contributed by atoms with Gasteiger partial charge in [-0.1, -0.05) is 30.3 Å². The zero-order valence-electron chi connectivity index (χ0n) is 12.5. The summed E-state index contributed by atoms with van der Waals surface area (Å²) in [7, 11) is 0. The fourth-order valence-electron chi connectivity index (χ4n) is 3.51. The average molecular weight is 300 g/mol. The summed E-state index contributed by atoms with van der Waals surface area (Å²) in [5.74, 6) is 0.562. The Balaban J connectivity index is 1.50. The number of fused-ring (bicyclic) bond motifs is 1. The summed E-state index contributed by atoms with van der Waals surface area (Å²) < 4.78 is 0. The summed E-state index contributed by atoms with van der Waals surface area (Å²) in [5, 5.41) is 12.5. The van der Waals surface area contributed by atoms with Gasteiger partial charge in [-0.15, -0.1) is 11.3 Å². The summed E-state index contributed by atoms with van der Waals surface area (Å²) in [6, 6.07) is 13.1. The third-order valence-corrected chi connectivity index (χ3v) is 5.53. The van der Waals surface area contributed by atoms with Gasteiger partial charge >= 0.3 is 0 Å². The second-order valence-electron chi connectivity index (χ2n) is 6.15. The van der Waals surface area contributed by atoms with Crippen LogP contribution in [0, 0.1) is 0 Å². The number of thiophene rings is 1. The quantitative estimate of drug-likeness (QED) is 0.801. The number of rotatable bonds is 6. The lowest BCUT2D eigenvalue weighted by atomic mass is 9.79. The minimum absolute atomic E-state index is 0.152. The zero-order valence-corrected chi connectivity index (χ0v) is 13.3. The predicted molar refractivity (Wildman–Crippen MR) is 90.0 cm³/mol. The highest BCUT2D eigenvalue weighted by atomic mass is 32.1. The topological polar surface area (TPSA) is 20.2 Å². The van der Waals surface area contributed by atoms with Crippen molar-refractivity contribution in [3.63, 3.8) is 0 Å². The minimum Gasteiger partial charge on any atom is -0.393 e. The van der Waals surface area contributed by atoms with Gasteiger partial charge in [0, 0.05) is 4.88 Å². The Morgan fingerprint density at radius 2 is 2.10 bits per heavy atom. The van der Waals surface area contributed by atoms with Crippen LogP contribution in [0.25, 0.3) is 0 Å². The van der Waals surface area contributed by atoms with Gasteiger partial charge in [-0.25, -0.2) is 0 Å². The van der Waals surface area contributed by atoms with Gasteiger partial charge in [0.25, 0.3) is 0 Å². The van der Waals surface area contributed by atoms with E-state index >= 15 is 0 Å². The smallest absolute Gasteiger partial charge is 0.0546 e. The maximum atomic E-state index is 10.4. The van der Waals surface area contributed by atoms with Gasteiger partial charge in [0.15, 0.2) is 0 Å². The molecule has 0 fully saturated rings. The predicted octanol–water partition coefficient (Wildman–Crippen LogP) is 4.94. The van der Waals surface area contributed by atoms with E-state index in [1.807, 2.05) is 11.3 Å². The maximum absolute atomic E-state index is 10.4. The lowest BCUT2D eigenvalue weighted by Crippen LogP contribution is -2.17. The van der Waals surface area contributed by atoms with E-state index < -0.39 is 0 Å². The Bertz CT molecular complexity index is 546. The molecule has 0 aliphatic heterocycles.